The first kappa shape index (κ1) is 25.6. The molecule has 5 rings (SSSR count). The van der Waals surface area contributed by atoms with Crippen molar-refractivity contribution in [3.8, 4) is 11.5 Å². The van der Waals surface area contributed by atoms with Gasteiger partial charge in [0, 0.05) is 5.69 Å². The minimum Gasteiger partial charge on any atom is -0.455 e. The summed E-state index contributed by atoms with van der Waals surface area (Å²) >= 11 is 1.48. The highest BCUT2D eigenvalue weighted by Gasteiger charge is 2.21. The van der Waals surface area contributed by atoms with Crippen LogP contribution in [0.2, 0.25) is 0 Å². The standard InChI is InChI=1S/C26H21N3O6S3/c1-17-6-11-20(12-7-17)38(33,34)29-26(30)27-18-8-13-21(14-9-18)37(31,32)28-19-10-15-23-25(16-19)36-24-5-3-2-4-22(24)35-23/h2-16,28H,1H3,(H2,27,29,30). The van der Waals surface area contributed by atoms with Crippen LogP contribution in [0.5, 0.6) is 11.5 Å². The van der Waals surface area contributed by atoms with E-state index in [0.717, 1.165) is 21.1 Å². The predicted molar refractivity (Wildman–Crippen MR) is 145 cm³/mol. The number of benzene rings is 4. The molecule has 0 radical (unpaired) electrons. The first-order valence-electron chi connectivity index (χ1n) is 11.2. The van der Waals surface area contributed by atoms with Gasteiger partial charge in [0.1, 0.15) is 11.5 Å². The summed E-state index contributed by atoms with van der Waals surface area (Å²) in [4.78, 5) is 13.9. The van der Waals surface area contributed by atoms with E-state index in [4.69, 9.17) is 4.74 Å². The second-order valence-corrected chi connectivity index (χ2v) is 12.8. The smallest absolute Gasteiger partial charge is 0.333 e. The second-order valence-electron chi connectivity index (χ2n) is 8.31. The number of para-hydroxylation sites is 1. The van der Waals surface area contributed by atoms with Crippen molar-refractivity contribution in [2.45, 2.75) is 26.5 Å². The number of aryl methyl sites for hydroxylation is 1. The first-order chi connectivity index (χ1) is 18.1. The zero-order valence-electron chi connectivity index (χ0n) is 19.8. The first-order valence-corrected chi connectivity index (χ1v) is 15.0. The summed E-state index contributed by atoms with van der Waals surface area (Å²) in [5, 5.41) is 2.39. The maximum atomic E-state index is 12.9. The van der Waals surface area contributed by atoms with Crippen molar-refractivity contribution < 1.29 is 26.4 Å². The Labute approximate surface area is 224 Å². The van der Waals surface area contributed by atoms with E-state index in [1.54, 1.807) is 30.3 Å². The summed E-state index contributed by atoms with van der Waals surface area (Å²) in [6.45, 7) is 1.82. The minimum atomic E-state index is -4.06. The lowest BCUT2D eigenvalue weighted by Crippen LogP contribution is -2.34. The zero-order valence-corrected chi connectivity index (χ0v) is 22.3. The molecular weight excluding hydrogens is 547 g/mol. The Morgan fingerprint density at radius 3 is 2.05 bits per heavy atom. The van der Waals surface area contributed by atoms with E-state index in [-0.39, 0.29) is 15.5 Å². The molecule has 4 aromatic carbocycles. The van der Waals surface area contributed by atoms with Crippen LogP contribution in [0.15, 0.2) is 111 Å². The number of hydrogen-bond acceptors (Lipinski definition) is 7. The largest absolute Gasteiger partial charge is 0.455 e. The fraction of sp³-hybridized carbons (Fsp3) is 0.0385. The number of carbonyl (C=O) groups is 1. The molecule has 4 aromatic rings. The van der Waals surface area contributed by atoms with Gasteiger partial charge in [0.15, 0.2) is 0 Å². The maximum absolute atomic E-state index is 12.9. The number of carbonyl (C=O) groups excluding carboxylic acids is 1. The molecule has 2 amide bonds. The number of sulfonamides is 2. The van der Waals surface area contributed by atoms with Crippen LogP contribution in [0.25, 0.3) is 0 Å². The SMILES string of the molecule is Cc1ccc(S(=O)(=O)NC(=O)Nc2ccc(S(=O)(=O)Nc3ccc4c(c3)Sc3ccccc3O4)cc2)cc1. The van der Waals surface area contributed by atoms with Crippen LogP contribution in [0, 0.1) is 6.92 Å². The molecule has 0 atom stereocenters. The highest BCUT2D eigenvalue weighted by Crippen LogP contribution is 2.47. The summed E-state index contributed by atoms with van der Waals surface area (Å²) in [6.07, 6.45) is 0. The Hall–Kier alpha value is -4.00. The van der Waals surface area contributed by atoms with E-state index in [1.165, 1.54) is 48.2 Å². The Morgan fingerprint density at radius 2 is 1.32 bits per heavy atom. The fourth-order valence-corrected chi connectivity index (χ4v) is 6.52. The van der Waals surface area contributed by atoms with Gasteiger partial charge in [-0.25, -0.2) is 26.4 Å². The number of ether oxygens (including phenoxy) is 1. The molecule has 0 saturated carbocycles. The molecule has 0 saturated heterocycles. The van der Waals surface area contributed by atoms with Crippen LogP contribution >= 0.6 is 11.8 Å². The monoisotopic (exact) mass is 567 g/mol. The summed E-state index contributed by atoms with van der Waals surface area (Å²) in [7, 11) is -8.00. The van der Waals surface area contributed by atoms with Crippen molar-refractivity contribution in [1.82, 2.24) is 4.72 Å². The highest BCUT2D eigenvalue weighted by atomic mass is 32.2. The predicted octanol–water partition coefficient (Wildman–Crippen LogP) is 5.56. The van der Waals surface area contributed by atoms with Gasteiger partial charge in [0.2, 0.25) is 0 Å². The van der Waals surface area contributed by atoms with Gasteiger partial charge in [-0.2, -0.15) is 0 Å². The number of hydrogen-bond donors (Lipinski definition) is 3. The van der Waals surface area contributed by atoms with Gasteiger partial charge >= 0.3 is 6.03 Å². The van der Waals surface area contributed by atoms with E-state index < -0.39 is 26.1 Å². The van der Waals surface area contributed by atoms with E-state index in [9.17, 15) is 21.6 Å². The van der Waals surface area contributed by atoms with Crippen LogP contribution in [0.3, 0.4) is 0 Å². The molecular formula is C26H21N3O6S3. The molecule has 38 heavy (non-hydrogen) atoms. The van der Waals surface area contributed by atoms with Gasteiger partial charge in [-0.1, -0.05) is 41.6 Å². The molecule has 194 valence electrons. The Balaban J connectivity index is 1.24. The van der Waals surface area contributed by atoms with Crippen molar-refractivity contribution in [3.05, 3.63) is 96.6 Å². The van der Waals surface area contributed by atoms with Gasteiger partial charge < -0.3 is 10.1 Å². The van der Waals surface area contributed by atoms with Crippen LogP contribution in [0.4, 0.5) is 16.2 Å². The molecule has 0 aromatic heterocycles. The quantitative estimate of drug-likeness (QED) is 0.245. The molecule has 9 nitrogen and oxygen atoms in total. The maximum Gasteiger partial charge on any atom is 0.333 e. The number of urea groups is 1. The van der Waals surface area contributed by atoms with Crippen molar-refractivity contribution >= 4 is 49.2 Å². The topological polar surface area (TPSA) is 131 Å². The molecule has 3 N–H and O–H groups in total. The van der Waals surface area contributed by atoms with Gasteiger partial charge in [-0.3, -0.25) is 4.72 Å². The minimum absolute atomic E-state index is 0.0392. The van der Waals surface area contributed by atoms with Crippen LogP contribution < -0.4 is 19.5 Å². The molecule has 12 heteroatoms. The Morgan fingerprint density at radius 1 is 0.711 bits per heavy atom. The molecule has 1 aliphatic heterocycles. The average Bonchev–Trinajstić information content (AvgIpc) is 2.87. The number of nitrogens with one attached hydrogen (secondary N) is 3. The number of rotatable bonds is 6. The lowest BCUT2D eigenvalue weighted by molar-refractivity contribution is 0.256. The average molecular weight is 568 g/mol. The molecule has 1 heterocycles. The van der Waals surface area contributed by atoms with Gasteiger partial charge in [-0.05, 0) is 73.7 Å². The van der Waals surface area contributed by atoms with Crippen molar-refractivity contribution in [2.24, 2.45) is 0 Å². The molecule has 0 aliphatic carbocycles. The van der Waals surface area contributed by atoms with E-state index in [1.807, 2.05) is 35.9 Å². The molecule has 0 bridgehead atoms. The second kappa shape index (κ2) is 10.0. The van der Waals surface area contributed by atoms with E-state index in [0.29, 0.717) is 11.4 Å². The number of anilines is 2. The van der Waals surface area contributed by atoms with E-state index in [2.05, 4.69) is 10.0 Å². The highest BCUT2D eigenvalue weighted by molar-refractivity contribution is 7.99. The van der Waals surface area contributed by atoms with Crippen molar-refractivity contribution in [3.63, 3.8) is 0 Å². The number of amides is 2. The van der Waals surface area contributed by atoms with Crippen LogP contribution in [0.1, 0.15) is 5.56 Å². The number of fused-ring (bicyclic) bond motifs is 2. The van der Waals surface area contributed by atoms with Crippen molar-refractivity contribution in [2.75, 3.05) is 10.0 Å². The fourth-order valence-electron chi connectivity index (χ4n) is 3.58. The Bertz CT molecular complexity index is 1740. The molecule has 0 spiro atoms. The normalized spacial score (nSPS) is 12.4. The summed E-state index contributed by atoms with van der Waals surface area (Å²) in [6, 6.07) is 23.0. The lowest BCUT2D eigenvalue weighted by atomic mass is 10.2. The molecule has 0 unspecified atom stereocenters. The zero-order chi connectivity index (χ0) is 26.9. The summed E-state index contributed by atoms with van der Waals surface area (Å²) in [5.74, 6) is 1.38. The molecule has 1 aliphatic rings. The Kier molecular flexibility index (Phi) is 6.78. The van der Waals surface area contributed by atoms with Crippen molar-refractivity contribution in [1.29, 1.82) is 0 Å². The third kappa shape index (κ3) is 5.62. The van der Waals surface area contributed by atoms with E-state index >= 15 is 0 Å². The molecule has 0 fully saturated rings. The van der Waals surface area contributed by atoms with Gasteiger partial charge in [-0.15, -0.1) is 0 Å². The summed E-state index contributed by atoms with van der Waals surface area (Å²) < 4.78 is 61.0. The third-order valence-electron chi connectivity index (χ3n) is 5.47. The van der Waals surface area contributed by atoms with Crippen LogP contribution in [-0.2, 0) is 20.0 Å². The van der Waals surface area contributed by atoms with Crippen LogP contribution in [-0.4, -0.2) is 22.9 Å². The van der Waals surface area contributed by atoms with Gasteiger partial charge in [0.05, 0.1) is 25.3 Å². The lowest BCUT2D eigenvalue weighted by Gasteiger charge is -2.20. The van der Waals surface area contributed by atoms with Gasteiger partial charge in [0.25, 0.3) is 20.0 Å². The third-order valence-corrected chi connectivity index (χ3v) is 9.31. The summed E-state index contributed by atoms with van der Waals surface area (Å²) in [5.41, 5.74) is 1.45.